The molecule has 1 N–H and O–H groups in total. The lowest BCUT2D eigenvalue weighted by atomic mass is 10.1. The molecule has 6 nitrogen and oxygen atoms in total. The maximum Gasteiger partial charge on any atom is 0.338 e. The van der Waals surface area contributed by atoms with Crippen LogP contribution in [0.1, 0.15) is 47.9 Å². The molecule has 0 radical (unpaired) electrons. The molecule has 30 heavy (non-hydrogen) atoms. The predicted octanol–water partition coefficient (Wildman–Crippen LogP) is 5.03. The summed E-state index contributed by atoms with van der Waals surface area (Å²) in [6.45, 7) is 6.38. The lowest BCUT2D eigenvalue weighted by Gasteiger charge is -2.14. The number of ketones is 1. The Morgan fingerprint density at radius 1 is 1.03 bits per heavy atom. The Hall–Kier alpha value is -3.28. The van der Waals surface area contributed by atoms with Gasteiger partial charge in [0.15, 0.2) is 17.6 Å². The van der Waals surface area contributed by atoms with Crippen molar-refractivity contribution >= 4 is 22.7 Å². The molecule has 6 heteroatoms. The average molecular weight is 409 g/mol. The third-order valence-corrected chi connectivity index (χ3v) is 4.86. The van der Waals surface area contributed by atoms with Gasteiger partial charge in [-0.25, -0.2) is 4.79 Å². The second-order valence-corrected chi connectivity index (χ2v) is 7.56. The van der Waals surface area contributed by atoms with E-state index in [-0.39, 0.29) is 5.78 Å². The number of para-hydroxylation sites is 1. The molecule has 0 amide bonds. The smallest absolute Gasteiger partial charge is 0.338 e. The summed E-state index contributed by atoms with van der Waals surface area (Å²) >= 11 is 0. The van der Waals surface area contributed by atoms with Crippen LogP contribution in [0.5, 0.6) is 11.5 Å². The maximum absolute atomic E-state index is 12.8. The van der Waals surface area contributed by atoms with E-state index in [0.717, 1.165) is 17.3 Å². The van der Waals surface area contributed by atoms with Crippen LogP contribution in [-0.2, 0) is 4.74 Å². The number of ether oxygens (including phenoxy) is 3. The van der Waals surface area contributed by atoms with E-state index in [1.54, 1.807) is 31.3 Å². The zero-order valence-electron chi connectivity index (χ0n) is 17.7. The molecule has 158 valence electrons. The Kier molecular flexibility index (Phi) is 6.77. The van der Waals surface area contributed by atoms with Gasteiger partial charge in [-0.3, -0.25) is 4.79 Å². The van der Waals surface area contributed by atoms with E-state index >= 15 is 0 Å². The molecule has 0 aliphatic rings. The number of carbonyl (C=O) groups excluding carboxylic acids is 2. The molecule has 1 unspecified atom stereocenters. The van der Waals surface area contributed by atoms with Gasteiger partial charge in [-0.1, -0.05) is 32.0 Å². The van der Waals surface area contributed by atoms with E-state index < -0.39 is 12.1 Å². The minimum atomic E-state index is -0.926. The summed E-state index contributed by atoms with van der Waals surface area (Å²) in [6.07, 6.45) is 1.63. The van der Waals surface area contributed by atoms with Gasteiger partial charge in [-0.05, 0) is 43.5 Å². The molecule has 0 aliphatic heterocycles. The Morgan fingerprint density at radius 3 is 2.53 bits per heavy atom. The van der Waals surface area contributed by atoms with Gasteiger partial charge < -0.3 is 19.2 Å². The first-order valence-corrected chi connectivity index (χ1v) is 10.0. The lowest BCUT2D eigenvalue weighted by Crippen LogP contribution is -2.24. The zero-order chi connectivity index (χ0) is 21.7. The van der Waals surface area contributed by atoms with Crippen molar-refractivity contribution < 1.29 is 23.8 Å². The second kappa shape index (κ2) is 9.48. The highest BCUT2D eigenvalue weighted by Crippen LogP contribution is 2.29. The highest BCUT2D eigenvalue weighted by molar-refractivity contribution is 6.10. The number of aromatic amines is 1. The Morgan fingerprint density at radius 2 is 1.80 bits per heavy atom. The van der Waals surface area contributed by atoms with Crippen LogP contribution in [0.15, 0.2) is 48.7 Å². The molecule has 1 atom stereocenters. The summed E-state index contributed by atoms with van der Waals surface area (Å²) in [5, 5.41) is 0.801. The van der Waals surface area contributed by atoms with E-state index in [2.05, 4.69) is 18.8 Å². The summed E-state index contributed by atoms with van der Waals surface area (Å²) < 4.78 is 16.5. The lowest BCUT2D eigenvalue weighted by molar-refractivity contribution is 0.0319. The van der Waals surface area contributed by atoms with E-state index in [4.69, 9.17) is 14.2 Å². The minimum absolute atomic E-state index is 0.263. The molecule has 0 saturated carbocycles. The minimum Gasteiger partial charge on any atom is -0.493 e. The molecule has 1 heterocycles. The van der Waals surface area contributed by atoms with Gasteiger partial charge >= 0.3 is 5.97 Å². The van der Waals surface area contributed by atoms with E-state index in [1.165, 1.54) is 7.11 Å². The number of fused-ring (bicyclic) bond motifs is 1. The number of Topliss-reactive ketones (excluding diaryl/α,β-unsaturated/α-hetero) is 1. The van der Waals surface area contributed by atoms with Gasteiger partial charge in [0.05, 0.1) is 19.3 Å². The highest BCUT2D eigenvalue weighted by Gasteiger charge is 2.23. The summed E-state index contributed by atoms with van der Waals surface area (Å²) in [7, 11) is 1.52. The Labute approximate surface area is 176 Å². The van der Waals surface area contributed by atoms with Crippen molar-refractivity contribution in [1.29, 1.82) is 0 Å². The molecule has 1 aromatic heterocycles. The number of carbonyl (C=O) groups is 2. The van der Waals surface area contributed by atoms with Gasteiger partial charge in [0.2, 0.25) is 5.78 Å². The molecule has 0 fully saturated rings. The summed E-state index contributed by atoms with van der Waals surface area (Å²) in [5.74, 6) is 0.687. The first-order chi connectivity index (χ1) is 14.4. The fraction of sp³-hybridized carbons (Fsp3) is 0.333. The largest absolute Gasteiger partial charge is 0.493 e. The normalized spacial score (nSPS) is 12.0. The summed E-state index contributed by atoms with van der Waals surface area (Å²) in [4.78, 5) is 28.5. The third-order valence-electron chi connectivity index (χ3n) is 4.86. The molecule has 0 aliphatic carbocycles. The first kappa shape index (κ1) is 21.4. The van der Waals surface area contributed by atoms with Crippen molar-refractivity contribution in [3.63, 3.8) is 0 Å². The number of hydrogen-bond acceptors (Lipinski definition) is 5. The fourth-order valence-corrected chi connectivity index (χ4v) is 3.09. The van der Waals surface area contributed by atoms with Gasteiger partial charge in [0.25, 0.3) is 0 Å². The van der Waals surface area contributed by atoms with E-state index in [1.807, 2.05) is 24.3 Å². The molecule has 0 bridgehead atoms. The van der Waals surface area contributed by atoms with Crippen molar-refractivity contribution in [1.82, 2.24) is 4.98 Å². The molecule has 3 aromatic rings. The van der Waals surface area contributed by atoms with Gasteiger partial charge in [0, 0.05) is 22.7 Å². The zero-order valence-corrected chi connectivity index (χ0v) is 17.7. The van der Waals surface area contributed by atoms with Crippen LogP contribution in [0.2, 0.25) is 0 Å². The summed E-state index contributed by atoms with van der Waals surface area (Å²) in [5.41, 5.74) is 1.65. The number of rotatable bonds is 9. The number of aromatic nitrogens is 1. The van der Waals surface area contributed by atoms with Crippen LogP contribution in [0.25, 0.3) is 10.9 Å². The first-order valence-electron chi connectivity index (χ1n) is 10.0. The predicted molar refractivity (Wildman–Crippen MR) is 115 cm³/mol. The monoisotopic (exact) mass is 409 g/mol. The number of hydrogen-bond donors (Lipinski definition) is 1. The maximum atomic E-state index is 12.8. The molecular formula is C24H27NO5. The van der Waals surface area contributed by atoms with E-state index in [0.29, 0.717) is 35.2 Å². The van der Waals surface area contributed by atoms with Gasteiger partial charge in [-0.2, -0.15) is 0 Å². The van der Waals surface area contributed by atoms with Crippen molar-refractivity contribution in [2.45, 2.75) is 33.3 Å². The van der Waals surface area contributed by atoms with E-state index in [9.17, 15) is 9.59 Å². The van der Waals surface area contributed by atoms with Gasteiger partial charge in [-0.15, -0.1) is 0 Å². The number of methoxy groups -OCH3 is 1. The van der Waals surface area contributed by atoms with Crippen LogP contribution < -0.4 is 9.47 Å². The number of esters is 1. The molecular weight excluding hydrogens is 382 g/mol. The Balaban J connectivity index is 1.69. The summed E-state index contributed by atoms with van der Waals surface area (Å²) in [6, 6.07) is 12.4. The quantitative estimate of drug-likeness (QED) is 0.396. The topological polar surface area (TPSA) is 77.6 Å². The molecule has 0 saturated heterocycles. The van der Waals surface area contributed by atoms with Crippen LogP contribution in [-0.4, -0.2) is 36.6 Å². The van der Waals surface area contributed by atoms with Crippen molar-refractivity contribution in [2.24, 2.45) is 5.92 Å². The van der Waals surface area contributed by atoms with Crippen LogP contribution in [0.4, 0.5) is 0 Å². The number of benzene rings is 2. The van der Waals surface area contributed by atoms with Gasteiger partial charge in [0.1, 0.15) is 0 Å². The fourth-order valence-electron chi connectivity index (χ4n) is 3.09. The van der Waals surface area contributed by atoms with Crippen molar-refractivity contribution in [3.05, 3.63) is 59.8 Å². The average Bonchev–Trinajstić information content (AvgIpc) is 3.17. The SMILES string of the molecule is COc1cc(C(=O)OC(C)C(=O)c2c[nH]c3ccccc23)ccc1OCCC(C)C. The van der Waals surface area contributed by atoms with Crippen LogP contribution in [0.3, 0.4) is 0 Å². The second-order valence-electron chi connectivity index (χ2n) is 7.56. The van der Waals surface area contributed by atoms with Crippen LogP contribution >= 0.6 is 0 Å². The highest BCUT2D eigenvalue weighted by atomic mass is 16.5. The van der Waals surface area contributed by atoms with Crippen LogP contribution in [0, 0.1) is 5.92 Å². The third kappa shape index (κ3) is 4.82. The number of H-pyrrole nitrogens is 1. The molecule has 0 spiro atoms. The van der Waals surface area contributed by atoms with Crippen molar-refractivity contribution in [3.8, 4) is 11.5 Å². The number of nitrogens with one attached hydrogen (secondary N) is 1. The Bertz CT molecular complexity index is 1040. The standard InChI is InChI=1S/C24H27NO5/c1-15(2)11-12-29-21-10-9-17(13-22(21)28-4)24(27)30-16(3)23(26)19-14-25-20-8-6-5-7-18(19)20/h5-10,13-16,25H,11-12H2,1-4H3. The molecule has 3 rings (SSSR count). The van der Waals surface area contributed by atoms with Crippen molar-refractivity contribution in [2.75, 3.05) is 13.7 Å². The molecule has 2 aromatic carbocycles.